The van der Waals surface area contributed by atoms with Crippen LogP contribution in [0.5, 0.6) is 5.75 Å². The van der Waals surface area contributed by atoms with Gasteiger partial charge in [0, 0.05) is 11.4 Å². The number of ether oxygens (including phenoxy) is 1. The van der Waals surface area contributed by atoms with Gasteiger partial charge in [-0.05, 0) is 55.5 Å². The van der Waals surface area contributed by atoms with Crippen molar-refractivity contribution in [1.29, 1.82) is 0 Å². The fourth-order valence-electron chi connectivity index (χ4n) is 2.47. The first-order valence-electron chi connectivity index (χ1n) is 8.75. The molecule has 0 aliphatic rings. The largest absolute Gasteiger partial charge is 0.479 e. The van der Waals surface area contributed by atoms with Gasteiger partial charge in [0.2, 0.25) is 0 Å². The monoisotopic (exact) mass is 430 g/mol. The number of hydrogen-bond donors (Lipinski definition) is 2. The van der Waals surface area contributed by atoms with E-state index in [4.69, 9.17) is 16.3 Å². The lowest BCUT2D eigenvalue weighted by molar-refractivity contribution is -0.122. The van der Waals surface area contributed by atoms with Crippen LogP contribution in [0.1, 0.15) is 6.92 Å². The summed E-state index contributed by atoms with van der Waals surface area (Å²) in [4.78, 5) is 12.4. The molecule has 0 spiro atoms. The van der Waals surface area contributed by atoms with E-state index < -0.39 is 16.1 Å². The van der Waals surface area contributed by atoms with Crippen molar-refractivity contribution in [3.63, 3.8) is 0 Å². The minimum absolute atomic E-state index is 0.0831. The van der Waals surface area contributed by atoms with Gasteiger partial charge in [-0.3, -0.25) is 9.52 Å². The Morgan fingerprint density at radius 1 is 0.897 bits per heavy atom. The molecule has 0 fully saturated rings. The molecule has 0 saturated carbocycles. The van der Waals surface area contributed by atoms with Crippen molar-refractivity contribution in [2.24, 2.45) is 0 Å². The zero-order valence-corrected chi connectivity index (χ0v) is 17.1. The molecule has 0 unspecified atom stereocenters. The average Bonchev–Trinajstić information content (AvgIpc) is 2.70. The van der Waals surface area contributed by atoms with Crippen molar-refractivity contribution in [1.82, 2.24) is 0 Å². The number of amides is 1. The summed E-state index contributed by atoms with van der Waals surface area (Å²) in [6.45, 7) is 1.60. The second kappa shape index (κ2) is 8.98. The Kier molecular flexibility index (Phi) is 6.41. The van der Waals surface area contributed by atoms with Crippen molar-refractivity contribution in [2.75, 3.05) is 10.0 Å². The Balaban J connectivity index is 1.64. The Morgan fingerprint density at radius 3 is 2.17 bits per heavy atom. The number of nitrogens with one attached hydrogen (secondary N) is 2. The molecule has 29 heavy (non-hydrogen) atoms. The van der Waals surface area contributed by atoms with Gasteiger partial charge in [0.25, 0.3) is 15.9 Å². The number of rotatable bonds is 7. The summed E-state index contributed by atoms with van der Waals surface area (Å²) in [5.74, 6) is 0.0215. The second-order valence-corrected chi connectivity index (χ2v) is 8.27. The molecule has 1 amide bonds. The number of benzene rings is 3. The second-order valence-electron chi connectivity index (χ2n) is 6.18. The van der Waals surface area contributed by atoms with E-state index in [1.807, 2.05) is 0 Å². The predicted octanol–water partition coefficient (Wildman–Crippen LogP) is 4.55. The Bertz CT molecular complexity index is 1090. The van der Waals surface area contributed by atoms with E-state index in [9.17, 15) is 13.2 Å². The van der Waals surface area contributed by atoms with Gasteiger partial charge in [-0.1, -0.05) is 41.9 Å². The van der Waals surface area contributed by atoms with E-state index in [0.717, 1.165) is 0 Å². The molecule has 3 aromatic carbocycles. The van der Waals surface area contributed by atoms with Crippen LogP contribution in [0.25, 0.3) is 0 Å². The zero-order valence-electron chi connectivity index (χ0n) is 15.5. The molecule has 0 saturated heterocycles. The van der Waals surface area contributed by atoms with E-state index in [2.05, 4.69) is 10.0 Å². The average molecular weight is 431 g/mol. The molecule has 0 radical (unpaired) electrons. The number of para-hydroxylation sites is 2. The molecule has 2 N–H and O–H groups in total. The molecule has 6 nitrogen and oxygen atoms in total. The highest BCUT2D eigenvalue weighted by molar-refractivity contribution is 7.92. The number of hydrogen-bond acceptors (Lipinski definition) is 4. The van der Waals surface area contributed by atoms with E-state index in [0.29, 0.717) is 22.1 Å². The molecule has 0 heterocycles. The normalized spacial score (nSPS) is 12.1. The van der Waals surface area contributed by atoms with Crippen LogP contribution < -0.4 is 14.8 Å². The first-order chi connectivity index (χ1) is 13.8. The van der Waals surface area contributed by atoms with Gasteiger partial charge in [-0.15, -0.1) is 0 Å². The lowest BCUT2D eigenvalue weighted by atomic mass is 10.3. The predicted molar refractivity (Wildman–Crippen MR) is 114 cm³/mol. The lowest BCUT2D eigenvalue weighted by Gasteiger charge is -2.16. The summed E-state index contributed by atoms with van der Waals surface area (Å²) >= 11 is 6.03. The maximum Gasteiger partial charge on any atom is 0.265 e. The number of halogens is 1. The summed E-state index contributed by atoms with van der Waals surface area (Å²) in [7, 11) is -3.72. The van der Waals surface area contributed by atoms with Crippen molar-refractivity contribution in [3.8, 4) is 5.75 Å². The summed E-state index contributed by atoms with van der Waals surface area (Å²) in [6.07, 6.45) is -0.793. The maximum absolute atomic E-state index is 12.4. The Morgan fingerprint density at radius 2 is 1.52 bits per heavy atom. The van der Waals surface area contributed by atoms with Crippen molar-refractivity contribution >= 4 is 38.9 Å². The third-order valence-electron chi connectivity index (χ3n) is 3.97. The van der Waals surface area contributed by atoms with Crippen LogP contribution >= 0.6 is 11.6 Å². The van der Waals surface area contributed by atoms with Crippen LogP contribution in [0.4, 0.5) is 11.4 Å². The minimum Gasteiger partial charge on any atom is -0.479 e. The van der Waals surface area contributed by atoms with E-state index in [-0.39, 0.29) is 10.8 Å². The molecule has 0 bridgehead atoms. The first kappa shape index (κ1) is 20.7. The van der Waals surface area contributed by atoms with Crippen LogP contribution in [0.2, 0.25) is 5.02 Å². The van der Waals surface area contributed by atoms with Crippen LogP contribution in [-0.2, 0) is 14.8 Å². The van der Waals surface area contributed by atoms with Crippen molar-refractivity contribution in [3.05, 3.63) is 83.9 Å². The highest BCUT2D eigenvalue weighted by atomic mass is 35.5. The molecule has 1 atom stereocenters. The highest BCUT2D eigenvalue weighted by Crippen LogP contribution is 2.24. The summed E-state index contributed by atoms with van der Waals surface area (Å²) < 4.78 is 33.0. The fourth-order valence-corrected chi connectivity index (χ4v) is 3.70. The van der Waals surface area contributed by atoms with Gasteiger partial charge in [-0.2, -0.15) is 0 Å². The summed E-state index contributed by atoms with van der Waals surface area (Å²) in [6, 6.07) is 21.3. The summed E-state index contributed by atoms with van der Waals surface area (Å²) in [5, 5.41) is 3.10. The molecule has 0 aliphatic heterocycles. The standard InChI is InChI=1S/C21H19ClN2O4S/c1-15(28-20-10-6-5-9-19(20)22)21(25)23-16-11-13-18(14-12-16)29(26,27)24-17-7-3-2-4-8-17/h2-15,24H,1H3,(H,23,25)/t15-/m0/s1. The van der Waals surface area contributed by atoms with Crippen LogP contribution in [-0.4, -0.2) is 20.4 Å². The molecule has 0 aliphatic carbocycles. The van der Waals surface area contributed by atoms with Gasteiger partial charge in [-0.25, -0.2) is 8.42 Å². The van der Waals surface area contributed by atoms with Gasteiger partial charge in [0.05, 0.1) is 9.92 Å². The van der Waals surface area contributed by atoms with E-state index in [1.54, 1.807) is 61.5 Å². The number of anilines is 2. The fraction of sp³-hybridized carbons (Fsp3) is 0.0952. The number of carbonyl (C=O) groups is 1. The van der Waals surface area contributed by atoms with E-state index in [1.165, 1.54) is 24.3 Å². The van der Waals surface area contributed by atoms with Gasteiger partial charge < -0.3 is 10.1 Å². The minimum atomic E-state index is -3.72. The van der Waals surface area contributed by atoms with Gasteiger partial charge in [0.1, 0.15) is 5.75 Å². The molecule has 0 aromatic heterocycles. The van der Waals surface area contributed by atoms with Crippen LogP contribution in [0.15, 0.2) is 83.8 Å². The third-order valence-corrected chi connectivity index (χ3v) is 5.68. The quantitative estimate of drug-likeness (QED) is 0.576. The number of carbonyl (C=O) groups excluding carboxylic acids is 1. The molecular weight excluding hydrogens is 412 g/mol. The Labute approximate surface area is 174 Å². The van der Waals surface area contributed by atoms with Crippen molar-refractivity contribution in [2.45, 2.75) is 17.9 Å². The van der Waals surface area contributed by atoms with E-state index >= 15 is 0 Å². The Hall–Kier alpha value is -3.03. The lowest BCUT2D eigenvalue weighted by Crippen LogP contribution is -2.30. The summed E-state index contributed by atoms with van der Waals surface area (Å²) in [5.41, 5.74) is 0.915. The van der Waals surface area contributed by atoms with Crippen LogP contribution in [0.3, 0.4) is 0 Å². The van der Waals surface area contributed by atoms with Gasteiger partial charge >= 0.3 is 0 Å². The highest BCUT2D eigenvalue weighted by Gasteiger charge is 2.17. The number of sulfonamides is 1. The smallest absolute Gasteiger partial charge is 0.265 e. The first-order valence-corrected chi connectivity index (χ1v) is 10.6. The third kappa shape index (κ3) is 5.49. The zero-order chi connectivity index (χ0) is 20.9. The molecule has 3 aromatic rings. The van der Waals surface area contributed by atoms with Gasteiger partial charge in [0.15, 0.2) is 6.10 Å². The molecule has 150 valence electrons. The molecule has 8 heteroatoms. The topological polar surface area (TPSA) is 84.5 Å². The molecular formula is C21H19ClN2O4S. The molecule has 3 rings (SSSR count). The van der Waals surface area contributed by atoms with Crippen LogP contribution in [0, 0.1) is 0 Å². The maximum atomic E-state index is 12.4. The SMILES string of the molecule is C[C@H](Oc1ccccc1Cl)C(=O)Nc1ccc(S(=O)(=O)Nc2ccccc2)cc1. The van der Waals surface area contributed by atoms with Crippen molar-refractivity contribution < 1.29 is 17.9 Å².